The van der Waals surface area contributed by atoms with Gasteiger partial charge in [-0.25, -0.2) is 0 Å². The summed E-state index contributed by atoms with van der Waals surface area (Å²) in [4.78, 5) is 25.9. The summed E-state index contributed by atoms with van der Waals surface area (Å²) in [6, 6.07) is 6.12. The van der Waals surface area contributed by atoms with Gasteiger partial charge in [0.05, 0.1) is 18.6 Å². The lowest BCUT2D eigenvalue weighted by molar-refractivity contribution is -0.151. The first-order valence-electron chi connectivity index (χ1n) is 12.9. The van der Waals surface area contributed by atoms with Gasteiger partial charge >= 0.3 is 5.97 Å². The van der Waals surface area contributed by atoms with Crippen LogP contribution in [0.2, 0.25) is 0 Å². The maximum atomic E-state index is 12.3. The van der Waals surface area contributed by atoms with Crippen molar-refractivity contribution in [2.45, 2.75) is 97.9 Å². The maximum absolute atomic E-state index is 12.3. The van der Waals surface area contributed by atoms with Crippen molar-refractivity contribution < 1.29 is 14.3 Å². The molecule has 1 fully saturated rings. The number of ether oxygens (including phenoxy) is 1. The molecule has 5 nitrogen and oxygen atoms in total. The van der Waals surface area contributed by atoms with Gasteiger partial charge in [-0.15, -0.1) is 6.58 Å². The first-order valence-corrected chi connectivity index (χ1v) is 12.9. The molecule has 1 amide bonds. The Morgan fingerprint density at radius 1 is 1.12 bits per heavy atom. The van der Waals surface area contributed by atoms with E-state index in [-0.39, 0.29) is 23.3 Å². The summed E-state index contributed by atoms with van der Waals surface area (Å²) >= 11 is 0. The number of likely N-dealkylation sites (N-methyl/N-ethyl adjacent to an activating group) is 1. The van der Waals surface area contributed by atoms with Crippen molar-refractivity contribution in [3.8, 4) is 0 Å². The molecule has 5 heteroatoms. The van der Waals surface area contributed by atoms with Crippen LogP contribution >= 0.6 is 0 Å². The standard InChI is InChI=1S/C15H22N2O.C14H26O2/c1-11-7-6-8-12(2)14(11)16-15(18)13-9-4-5-10-17(13)3;1-5-6-7-8-9-10-11-12-14(2,3)13(15)16-4/h6-8,13H,4-5,9-10H2,1-3H3,(H,16,18);5H,1,6-12H2,2-4H3. The second-order valence-corrected chi connectivity index (χ2v) is 10.2. The van der Waals surface area contributed by atoms with Gasteiger partial charge < -0.3 is 10.1 Å². The lowest BCUT2D eigenvalue weighted by atomic mass is 9.87. The third-order valence-corrected chi connectivity index (χ3v) is 6.75. The summed E-state index contributed by atoms with van der Waals surface area (Å²) in [6.45, 7) is 12.7. The molecule has 1 aromatic rings. The van der Waals surface area contributed by atoms with Gasteiger partial charge in [-0.3, -0.25) is 14.5 Å². The quantitative estimate of drug-likeness (QED) is 0.218. The molecule has 1 atom stereocenters. The molecule has 1 saturated heterocycles. The normalized spacial score (nSPS) is 16.2. The molecule has 0 bridgehead atoms. The third-order valence-electron chi connectivity index (χ3n) is 6.75. The minimum absolute atomic E-state index is 0.0257. The van der Waals surface area contributed by atoms with Gasteiger partial charge in [0.25, 0.3) is 0 Å². The van der Waals surface area contributed by atoms with E-state index in [9.17, 15) is 9.59 Å². The molecular weight excluding hydrogens is 424 g/mol. The van der Waals surface area contributed by atoms with Gasteiger partial charge in [0, 0.05) is 5.69 Å². The summed E-state index contributed by atoms with van der Waals surface area (Å²) in [7, 11) is 3.49. The molecule has 1 heterocycles. The molecule has 1 unspecified atom stereocenters. The largest absolute Gasteiger partial charge is 0.469 e. The highest BCUT2D eigenvalue weighted by atomic mass is 16.5. The maximum Gasteiger partial charge on any atom is 0.311 e. The fraction of sp³-hybridized carbons (Fsp3) is 0.655. The number of esters is 1. The number of amides is 1. The molecule has 2 rings (SSSR count). The Balaban J connectivity index is 0.000000344. The average Bonchev–Trinajstić information content (AvgIpc) is 2.81. The van der Waals surface area contributed by atoms with Crippen LogP contribution in [0.5, 0.6) is 0 Å². The smallest absolute Gasteiger partial charge is 0.311 e. The van der Waals surface area contributed by atoms with Crippen molar-refractivity contribution in [2.75, 3.05) is 26.0 Å². The first kappa shape index (κ1) is 29.9. The summed E-state index contributed by atoms with van der Waals surface area (Å²) < 4.78 is 4.78. The molecule has 34 heavy (non-hydrogen) atoms. The van der Waals surface area contributed by atoms with Gasteiger partial charge in [0.1, 0.15) is 0 Å². The number of benzene rings is 1. The van der Waals surface area contributed by atoms with Crippen LogP contribution < -0.4 is 5.32 Å². The van der Waals surface area contributed by atoms with Crippen LogP contribution in [-0.2, 0) is 14.3 Å². The van der Waals surface area contributed by atoms with Crippen LogP contribution in [0, 0.1) is 19.3 Å². The molecule has 192 valence electrons. The summed E-state index contributed by atoms with van der Waals surface area (Å²) in [5.74, 6) is 0.0359. The zero-order valence-corrected chi connectivity index (χ0v) is 22.5. The van der Waals surface area contributed by atoms with E-state index < -0.39 is 0 Å². The fourth-order valence-electron chi connectivity index (χ4n) is 4.39. The van der Waals surface area contributed by atoms with E-state index >= 15 is 0 Å². The molecule has 0 radical (unpaired) electrons. The van der Waals surface area contributed by atoms with E-state index in [2.05, 4.69) is 16.8 Å². The van der Waals surface area contributed by atoms with Crippen molar-refractivity contribution in [1.29, 1.82) is 0 Å². The topological polar surface area (TPSA) is 58.6 Å². The highest BCUT2D eigenvalue weighted by Gasteiger charge is 2.28. The van der Waals surface area contributed by atoms with E-state index in [1.54, 1.807) is 0 Å². The number of likely N-dealkylation sites (tertiary alicyclic amines) is 1. The molecule has 1 aromatic carbocycles. The lowest BCUT2D eigenvalue weighted by Crippen LogP contribution is -2.44. The van der Waals surface area contributed by atoms with E-state index in [0.717, 1.165) is 55.5 Å². The second-order valence-electron chi connectivity index (χ2n) is 10.2. The Labute approximate surface area is 208 Å². The van der Waals surface area contributed by atoms with Gasteiger partial charge in [-0.1, -0.05) is 56.4 Å². The summed E-state index contributed by atoms with van der Waals surface area (Å²) in [5, 5.41) is 3.10. The Morgan fingerprint density at radius 2 is 1.74 bits per heavy atom. The highest BCUT2D eigenvalue weighted by Crippen LogP contribution is 2.25. The van der Waals surface area contributed by atoms with E-state index in [1.807, 2.05) is 59.0 Å². The predicted octanol–water partition coefficient (Wildman–Crippen LogP) is 6.83. The van der Waals surface area contributed by atoms with Crippen LogP contribution in [0.1, 0.15) is 89.2 Å². The SMILES string of the molecule is C=CCCCCCCCC(C)(C)C(=O)OC.Cc1cccc(C)c1NC(=O)C1CCCCN1C. The number of carbonyl (C=O) groups excluding carboxylic acids is 2. The zero-order chi connectivity index (χ0) is 25.6. The van der Waals surface area contributed by atoms with Gasteiger partial charge in [-0.2, -0.15) is 0 Å². The molecule has 0 spiro atoms. The molecule has 1 aliphatic heterocycles. The van der Waals surface area contributed by atoms with Crippen molar-refractivity contribution >= 4 is 17.6 Å². The van der Waals surface area contributed by atoms with Gasteiger partial charge in [-0.05, 0) is 84.5 Å². The zero-order valence-electron chi connectivity index (χ0n) is 22.5. The first-order chi connectivity index (χ1) is 16.1. The number of para-hydroxylation sites is 1. The van der Waals surface area contributed by atoms with Crippen LogP contribution in [0.25, 0.3) is 0 Å². The number of allylic oxidation sites excluding steroid dienone is 1. The number of aryl methyl sites for hydroxylation is 2. The minimum atomic E-state index is -0.324. The molecule has 0 aliphatic carbocycles. The van der Waals surface area contributed by atoms with Gasteiger partial charge in [0.2, 0.25) is 5.91 Å². The van der Waals surface area contributed by atoms with Crippen LogP contribution in [0.4, 0.5) is 5.69 Å². The van der Waals surface area contributed by atoms with Crippen molar-refractivity contribution in [3.05, 3.63) is 42.0 Å². The number of nitrogens with zero attached hydrogens (tertiary/aromatic N) is 1. The Bertz CT molecular complexity index is 752. The summed E-state index contributed by atoms with van der Waals surface area (Å²) in [6.07, 6.45) is 13.4. The lowest BCUT2D eigenvalue weighted by Gasteiger charge is -2.31. The number of hydrogen-bond donors (Lipinski definition) is 1. The van der Waals surface area contributed by atoms with Crippen molar-refractivity contribution in [1.82, 2.24) is 4.90 Å². The number of nitrogens with one attached hydrogen (secondary N) is 1. The van der Waals surface area contributed by atoms with Crippen molar-refractivity contribution in [3.63, 3.8) is 0 Å². The number of unbranched alkanes of at least 4 members (excludes halogenated alkanes) is 5. The van der Waals surface area contributed by atoms with E-state index in [1.165, 1.54) is 39.2 Å². The van der Waals surface area contributed by atoms with Crippen LogP contribution in [0.15, 0.2) is 30.9 Å². The number of carbonyl (C=O) groups is 2. The number of rotatable bonds is 11. The monoisotopic (exact) mass is 472 g/mol. The number of anilines is 1. The molecular formula is C29H48N2O3. The predicted molar refractivity (Wildman–Crippen MR) is 143 cm³/mol. The molecule has 1 aliphatic rings. The van der Waals surface area contributed by atoms with Crippen LogP contribution in [-0.4, -0.2) is 43.5 Å². The van der Waals surface area contributed by atoms with Gasteiger partial charge in [0.15, 0.2) is 0 Å². The van der Waals surface area contributed by atoms with Crippen molar-refractivity contribution in [2.24, 2.45) is 5.41 Å². The number of methoxy groups -OCH3 is 1. The number of piperidine rings is 1. The van der Waals surface area contributed by atoms with Crippen LogP contribution in [0.3, 0.4) is 0 Å². The molecule has 0 saturated carbocycles. The Morgan fingerprint density at radius 3 is 2.32 bits per heavy atom. The van der Waals surface area contributed by atoms with E-state index in [4.69, 9.17) is 4.74 Å². The highest BCUT2D eigenvalue weighted by molar-refractivity contribution is 5.96. The second kappa shape index (κ2) is 15.7. The Hall–Kier alpha value is -2.14. The number of hydrogen-bond acceptors (Lipinski definition) is 4. The molecule has 1 N–H and O–H groups in total. The summed E-state index contributed by atoms with van der Waals surface area (Å²) in [5.41, 5.74) is 2.90. The fourth-order valence-corrected chi connectivity index (χ4v) is 4.39. The van der Waals surface area contributed by atoms with E-state index in [0.29, 0.717) is 0 Å². The molecule has 0 aromatic heterocycles. The minimum Gasteiger partial charge on any atom is -0.469 e. The third kappa shape index (κ3) is 10.4. The Kier molecular flexibility index (Phi) is 13.8. The average molecular weight is 473 g/mol.